The van der Waals surface area contributed by atoms with E-state index in [1.54, 1.807) is 32.9 Å². The Morgan fingerprint density at radius 1 is 1.15 bits per heavy atom. The van der Waals surface area contributed by atoms with Gasteiger partial charge < -0.3 is 4.55 Å². The normalized spacial score (nSPS) is 16.3. The number of alkyl halides is 3. The minimum absolute atomic E-state index is 0.0702. The first-order chi connectivity index (χ1) is 8.94. The summed E-state index contributed by atoms with van der Waals surface area (Å²) in [6.45, 7) is 4.94. The van der Waals surface area contributed by atoms with Crippen LogP contribution < -0.4 is 0 Å². The van der Waals surface area contributed by atoms with Gasteiger partial charge in [-0.1, -0.05) is 28.1 Å². The van der Waals surface area contributed by atoms with Gasteiger partial charge in [0.05, 0.1) is 0 Å². The topological polar surface area (TPSA) is 26.3 Å². The van der Waals surface area contributed by atoms with Gasteiger partial charge in [-0.15, -0.1) is 4.31 Å². The summed E-state index contributed by atoms with van der Waals surface area (Å²) >= 11 is 1.43. The van der Waals surface area contributed by atoms with Gasteiger partial charge in [-0.3, -0.25) is 0 Å². The molecule has 2 unspecified atom stereocenters. The number of hydrogen-bond acceptors (Lipinski definition) is 2. The molecule has 0 aliphatic heterocycles. The Hall–Kier alpha value is -0.240. The highest BCUT2D eigenvalue weighted by Gasteiger charge is 2.49. The molecule has 0 aromatic heterocycles. The van der Waals surface area contributed by atoms with Crippen molar-refractivity contribution in [2.75, 3.05) is 7.05 Å². The second-order valence-corrected chi connectivity index (χ2v) is 8.62. The van der Waals surface area contributed by atoms with Crippen molar-refractivity contribution >= 4 is 27.3 Å². The Bertz CT molecular complexity index is 444. The first kappa shape index (κ1) is 17.8. The zero-order valence-electron chi connectivity index (χ0n) is 11.7. The Morgan fingerprint density at radius 2 is 1.60 bits per heavy atom. The zero-order valence-corrected chi connectivity index (χ0v) is 14.1. The van der Waals surface area contributed by atoms with E-state index in [1.165, 1.54) is 19.2 Å². The molecular formula is C13H17BrF3NOS. The van der Waals surface area contributed by atoms with Crippen molar-refractivity contribution in [1.29, 1.82) is 0 Å². The Morgan fingerprint density at radius 3 is 1.95 bits per heavy atom. The molecule has 0 bridgehead atoms. The van der Waals surface area contributed by atoms with Crippen molar-refractivity contribution in [2.45, 2.75) is 37.7 Å². The molecule has 2 nitrogen and oxygen atoms in total. The summed E-state index contributed by atoms with van der Waals surface area (Å²) in [6, 6.07) is 3.97. The van der Waals surface area contributed by atoms with Gasteiger partial charge in [0, 0.05) is 22.9 Å². The lowest BCUT2D eigenvalue weighted by Gasteiger charge is -2.35. The molecule has 1 rings (SSSR count). The second kappa shape index (κ2) is 6.25. The van der Waals surface area contributed by atoms with E-state index in [4.69, 9.17) is 0 Å². The number of benzene rings is 1. The molecule has 7 heteroatoms. The van der Waals surface area contributed by atoms with Gasteiger partial charge in [0.1, 0.15) is 4.75 Å². The van der Waals surface area contributed by atoms with Gasteiger partial charge in [0.25, 0.3) is 0 Å². The van der Waals surface area contributed by atoms with E-state index in [2.05, 4.69) is 15.9 Å². The lowest BCUT2D eigenvalue weighted by Crippen LogP contribution is -2.46. The highest BCUT2D eigenvalue weighted by Crippen LogP contribution is 2.40. The summed E-state index contributed by atoms with van der Waals surface area (Å²) in [5.74, 6) is 0. The molecule has 1 aromatic carbocycles. The average molecular weight is 372 g/mol. The van der Waals surface area contributed by atoms with Crippen LogP contribution in [0.5, 0.6) is 0 Å². The van der Waals surface area contributed by atoms with Crippen molar-refractivity contribution in [2.24, 2.45) is 0 Å². The maximum atomic E-state index is 13.3. The van der Waals surface area contributed by atoms with E-state index in [1.807, 2.05) is 0 Å². The van der Waals surface area contributed by atoms with Crippen LogP contribution in [0.25, 0.3) is 0 Å². The lowest BCUT2D eigenvalue weighted by molar-refractivity contribution is -0.171. The third-order valence-electron chi connectivity index (χ3n) is 2.64. The third kappa shape index (κ3) is 4.38. The molecule has 0 saturated heterocycles. The summed E-state index contributed by atoms with van der Waals surface area (Å²) in [5, 5.41) is 0. The van der Waals surface area contributed by atoms with Crippen molar-refractivity contribution in [3.63, 3.8) is 0 Å². The maximum Gasteiger partial charge on any atom is 0.412 e. The van der Waals surface area contributed by atoms with Crippen LogP contribution in [0.1, 0.15) is 32.4 Å². The fourth-order valence-corrected chi connectivity index (χ4v) is 3.34. The highest BCUT2D eigenvalue weighted by atomic mass is 79.9. The number of nitrogens with zero attached hydrogens (tertiary/aromatic N) is 1. The molecule has 0 N–H and O–H groups in total. The molecule has 0 radical (unpaired) electrons. The van der Waals surface area contributed by atoms with Gasteiger partial charge in [0.2, 0.25) is 0 Å². The van der Waals surface area contributed by atoms with Gasteiger partial charge >= 0.3 is 6.18 Å². The minimum Gasteiger partial charge on any atom is -0.597 e. The predicted octanol–water partition coefficient (Wildman–Crippen LogP) is 4.45. The highest BCUT2D eigenvalue weighted by molar-refractivity contribution is 9.10. The Balaban J connectivity index is 3.17. The number of rotatable bonds is 3. The fourth-order valence-electron chi connectivity index (χ4n) is 1.78. The van der Waals surface area contributed by atoms with Crippen LogP contribution in [-0.4, -0.2) is 26.8 Å². The van der Waals surface area contributed by atoms with Crippen molar-refractivity contribution in [3.8, 4) is 0 Å². The molecule has 20 heavy (non-hydrogen) atoms. The molecular weight excluding hydrogens is 355 g/mol. The molecule has 114 valence electrons. The fraction of sp³-hybridized carbons (Fsp3) is 0.538. The first-order valence-corrected chi connectivity index (χ1v) is 7.81. The van der Waals surface area contributed by atoms with Crippen LogP contribution in [0.2, 0.25) is 0 Å². The van der Waals surface area contributed by atoms with Crippen molar-refractivity contribution in [1.82, 2.24) is 4.31 Å². The molecule has 0 fully saturated rings. The standard InChI is InChI=1S/C13H17BrF3NOS/c1-12(2,3)20(19)18(4)11(13(15,16)17)9-5-7-10(14)8-6-9/h5-8,11H,1-4H3. The zero-order chi connectivity index (χ0) is 15.7. The van der Waals surface area contributed by atoms with Gasteiger partial charge in [-0.05, 0) is 38.5 Å². The molecule has 0 aliphatic rings. The van der Waals surface area contributed by atoms with Crippen LogP contribution in [0.3, 0.4) is 0 Å². The van der Waals surface area contributed by atoms with E-state index >= 15 is 0 Å². The number of halogens is 4. The molecule has 0 aliphatic carbocycles. The maximum absolute atomic E-state index is 13.3. The summed E-state index contributed by atoms with van der Waals surface area (Å²) in [7, 11) is 1.24. The van der Waals surface area contributed by atoms with Crippen LogP contribution >= 0.6 is 15.9 Å². The van der Waals surface area contributed by atoms with E-state index in [9.17, 15) is 17.7 Å². The Kier molecular flexibility index (Phi) is 5.57. The number of hydrogen-bond donors (Lipinski definition) is 0. The van der Waals surface area contributed by atoms with Crippen LogP contribution in [0.4, 0.5) is 13.2 Å². The molecule has 0 heterocycles. The van der Waals surface area contributed by atoms with Gasteiger partial charge in [-0.2, -0.15) is 13.2 Å². The lowest BCUT2D eigenvalue weighted by atomic mass is 10.1. The third-order valence-corrected chi connectivity index (χ3v) is 4.96. The van der Waals surface area contributed by atoms with Crippen molar-refractivity contribution < 1.29 is 17.7 Å². The predicted molar refractivity (Wildman–Crippen MR) is 78.6 cm³/mol. The van der Waals surface area contributed by atoms with Crippen LogP contribution in [0.15, 0.2) is 28.7 Å². The molecule has 0 spiro atoms. The van der Waals surface area contributed by atoms with Gasteiger partial charge in [-0.25, -0.2) is 0 Å². The molecule has 1 aromatic rings. The first-order valence-electron chi connectivity index (χ1n) is 5.91. The van der Waals surface area contributed by atoms with E-state index < -0.39 is 28.3 Å². The SMILES string of the molecule is CN(C(c1ccc(Br)cc1)C(F)(F)F)[S+]([O-])C(C)(C)C. The van der Waals surface area contributed by atoms with Crippen LogP contribution in [-0.2, 0) is 11.4 Å². The quantitative estimate of drug-likeness (QED) is 0.733. The van der Waals surface area contributed by atoms with Gasteiger partial charge in [0.15, 0.2) is 6.04 Å². The van der Waals surface area contributed by atoms with Crippen molar-refractivity contribution in [3.05, 3.63) is 34.3 Å². The smallest absolute Gasteiger partial charge is 0.412 e. The molecule has 2 atom stereocenters. The van der Waals surface area contributed by atoms with Crippen LogP contribution in [0, 0.1) is 0 Å². The van der Waals surface area contributed by atoms with E-state index in [-0.39, 0.29) is 5.56 Å². The van der Waals surface area contributed by atoms with E-state index in [0.29, 0.717) is 4.47 Å². The molecule has 0 amide bonds. The summed E-state index contributed by atoms with van der Waals surface area (Å²) in [5.41, 5.74) is 0.0702. The minimum atomic E-state index is -4.50. The summed E-state index contributed by atoms with van der Waals surface area (Å²) in [6.07, 6.45) is -4.50. The van der Waals surface area contributed by atoms with E-state index in [0.717, 1.165) is 4.31 Å². The monoisotopic (exact) mass is 371 g/mol. The summed E-state index contributed by atoms with van der Waals surface area (Å²) < 4.78 is 53.0. The summed E-state index contributed by atoms with van der Waals surface area (Å²) in [4.78, 5) is 0. The molecule has 0 saturated carbocycles. The Labute approximate surface area is 128 Å². The largest absolute Gasteiger partial charge is 0.597 e. The average Bonchev–Trinajstić information content (AvgIpc) is 2.28. The second-order valence-electron chi connectivity index (χ2n) is 5.40.